The van der Waals surface area contributed by atoms with Crippen LogP contribution in [0.1, 0.15) is 26.7 Å². The predicted molar refractivity (Wildman–Crippen MR) is 67.0 cm³/mol. The summed E-state index contributed by atoms with van der Waals surface area (Å²) in [4.78, 5) is 0. The lowest BCUT2D eigenvalue weighted by Gasteiger charge is -2.13. The van der Waals surface area contributed by atoms with Gasteiger partial charge < -0.3 is 15.2 Å². The van der Waals surface area contributed by atoms with Crippen molar-refractivity contribution in [3.63, 3.8) is 0 Å². The van der Waals surface area contributed by atoms with E-state index in [-0.39, 0.29) is 0 Å². The van der Waals surface area contributed by atoms with Crippen LogP contribution in [0.5, 0.6) is 11.5 Å². The van der Waals surface area contributed by atoms with Gasteiger partial charge in [-0.25, -0.2) is 0 Å². The molecule has 0 aromatic heterocycles. The van der Waals surface area contributed by atoms with Crippen LogP contribution < -0.4 is 15.2 Å². The van der Waals surface area contributed by atoms with E-state index in [1.54, 1.807) is 13.2 Å². The zero-order valence-corrected chi connectivity index (χ0v) is 10.3. The van der Waals surface area contributed by atoms with E-state index in [0.29, 0.717) is 17.4 Å². The maximum atomic E-state index is 5.79. The van der Waals surface area contributed by atoms with Gasteiger partial charge >= 0.3 is 0 Å². The molecule has 0 aliphatic carbocycles. The number of hydrogen-bond donors (Lipinski definition) is 1. The molecule has 0 saturated carbocycles. The zero-order valence-electron chi connectivity index (χ0n) is 10.3. The van der Waals surface area contributed by atoms with Crippen LogP contribution in [0.3, 0.4) is 0 Å². The van der Waals surface area contributed by atoms with Gasteiger partial charge in [-0.1, -0.05) is 20.3 Å². The Hall–Kier alpha value is -1.38. The molecule has 1 atom stereocenters. The summed E-state index contributed by atoms with van der Waals surface area (Å²) >= 11 is 0. The summed E-state index contributed by atoms with van der Waals surface area (Å²) in [6.45, 7) is 5.11. The van der Waals surface area contributed by atoms with Crippen molar-refractivity contribution in [2.45, 2.75) is 26.7 Å². The average molecular weight is 223 g/mol. The molecule has 0 aliphatic rings. The van der Waals surface area contributed by atoms with E-state index in [0.717, 1.165) is 12.4 Å². The van der Waals surface area contributed by atoms with Gasteiger partial charge in [-0.05, 0) is 24.5 Å². The molecule has 1 unspecified atom stereocenters. The number of rotatable bonds is 6. The first-order valence-electron chi connectivity index (χ1n) is 5.73. The molecule has 0 amide bonds. The molecule has 0 radical (unpaired) electrons. The van der Waals surface area contributed by atoms with Crippen molar-refractivity contribution in [1.82, 2.24) is 0 Å². The molecule has 0 spiro atoms. The lowest BCUT2D eigenvalue weighted by atomic mass is 10.1. The van der Waals surface area contributed by atoms with Gasteiger partial charge in [-0.2, -0.15) is 0 Å². The molecule has 0 saturated heterocycles. The Morgan fingerprint density at radius 3 is 2.69 bits per heavy atom. The molecule has 16 heavy (non-hydrogen) atoms. The van der Waals surface area contributed by atoms with Crippen LogP contribution in [-0.4, -0.2) is 13.7 Å². The number of benzene rings is 1. The van der Waals surface area contributed by atoms with Crippen molar-refractivity contribution < 1.29 is 9.47 Å². The number of nitrogen functional groups attached to an aromatic ring is 1. The quantitative estimate of drug-likeness (QED) is 0.754. The highest BCUT2D eigenvalue weighted by atomic mass is 16.5. The molecule has 1 rings (SSSR count). The van der Waals surface area contributed by atoms with Crippen LogP contribution in [0.4, 0.5) is 5.69 Å². The highest BCUT2D eigenvalue weighted by Gasteiger charge is 2.04. The fourth-order valence-electron chi connectivity index (χ4n) is 1.62. The molecule has 90 valence electrons. The van der Waals surface area contributed by atoms with E-state index in [4.69, 9.17) is 15.2 Å². The second-order valence-electron chi connectivity index (χ2n) is 4.11. The van der Waals surface area contributed by atoms with E-state index in [9.17, 15) is 0 Å². The number of ether oxygens (including phenoxy) is 2. The smallest absolute Gasteiger partial charge is 0.142 e. The van der Waals surface area contributed by atoms with E-state index in [2.05, 4.69) is 13.8 Å². The Morgan fingerprint density at radius 1 is 1.38 bits per heavy atom. The van der Waals surface area contributed by atoms with Crippen molar-refractivity contribution in [1.29, 1.82) is 0 Å². The Labute approximate surface area is 97.6 Å². The number of anilines is 1. The van der Waals surface area contributed by atoms with Crippen LogP contribution in [0.2, 0.25) is 0 Å². The van der Waals surface area contributed by atoms with Crippen LogP contribution in [-0.2, 0) is 0 Å². The lowest BCUT2D eigenvalue weighted by Crippen LogP contribution is -2.08. The largest absolute Gasteiger partial charge is 0.495 e. The van der Waals surface area contributed by atoms with Gasteiger partial charge in [0.15, 0.2) is 0 Å². The molecule has 2 N–H and O–H groups in total. The summed E-state index contributed by atoms with van der Waals surface area (Å²) < 4.78 is 10.7. The fourth-order valence-corrected chi connectivity index (χ4v) is 1.62. The molecular weight excluding hydrogens is 202 g/mol. The summed E-state index contributed by atoms with van der Waals surface area (Å²) in [5.41, 5.74) is 6.41. The Morgan fingerprint density at radius 2 is 2.12 bits per heavy atom. The van der Waals surface area contributed by atoms with E-state index >= 15 is 0 Å². The molecule has 3 heteroatoms. The first-order valence-corrected chi connectivity index (χ1v) is 5.73. The molecule has 0 fully saturated rings. The van der Waals surface area contributed by atoms with Gasteiger partial charge in [-0.3, -0.25) is 0 Å². The minimum Gasteiger partial charge on any atom is -0.495 e. The first-order chi connectivity index (χ1) is 7.67. The number of methoxy groups -OCH3 is 1. The third-order valence-corrected chi connectivity index (χ3v) is 2.52. The molecule has 3 nitrogen and oxygen atoms in total. The van der Waals surface area contributed by atoms with Crippen LogP contribution >= 0.6 is 0 Å². The second kappa shape index (κ2) is 6.26. The predicted octanol–water partition coefficient (Wildman–Crippen LogP) is 3.09. The van der Waals surface area contributed by atoms with E-state index in [1.165, 1.54) is 12.8 Å². The normalized spacial score (nSPS) is 12.2. The average Bonchev–Trinajstić information content (AvgIpc) is 2.27. The van der Waals surface area contributed by atoms with E-state index in [1.807, 2.05) is 12.1 Å². The Kier molecular flexibility index (Phi) is 4.96. The molecule has 0 aliphatic heterocycles. The fraction of sp³-hybridized carbons (Fsp3) is 0.538. The van der Waals surface area contributed by atoms with Crippen molar-refractivity contribution >= 4 is 5.69 Å². The maximum absolute atomic E-state index is 5.79. The van der Waals surface area contributed by atoms with Crippen molar-refractivity contribution in [3.8, 4) is 11.5 Å². The molecule has 0 bridgehead atoms. The van der Waals surface area contributed by atoms with Gasteiger partial charge in [0, 0.05) is 6.07 Å². The lowest BCUT2D eigenvalue weighted by molar-refractivity contribution is 0.251. The summed E-state index contributed by atoms with van der Waals surface area (Å²) in [5.74, 6) is 2.07. The van der Waals surface area contributed by atoms with Gasteiger partial charge in [0.1, 0.15) is 11.5 Å². The number of nitrogens with two attached hydrogens (primary N) is 1. The summed E-state index contributed by atoms with van der Waals surface area (Å²) in [7, 11) is 1.61. The van der Waals surface area contributed by atoms with Gasteiger partial charge in [0.25, 0.3) is 0 Å². The van der Waals surface area contributed by atoms with Crippen LogP contribution in [0.25, 0.3) is 0 Å². The van der Waals surface area contributed by atoms with Gasteiger partial charge in [0.2, 0.25) is 0 Å². The SMILES string of the molecule is CCCC(C)COc1ccc(OC)c(N)c1. The zero-order chi connectivity index (χ0) is 12.0. The molecule has 1 aromatic carbocycles. The monoisotopic (exact) mass is 223 g/mol. The highest BCUT2D eigenvalue weighted by Crippen LogP contribution is 2.26. The van der Waals surface area contributed by atoms with Crippen LogP contribution in [0.15, 0.2) is 18.2 Å². The summed E-state index contributed by atoms with van der Waals surface area (Å²) in [6, 6.07) is 5.51. The maximum Gasteiger partial charge on any atom is 0.142 e. The Bertz CT molecular complexity index is 326. The minimum atomic E-state index is 0.577. The molecular formula is C13H21NO2. The molecule has 1 aromatic rings. The summed E-state index contributed by atoms with van der Waals surface area (Å²) in [6.07, 6.45) is 2.38. The Balaban J connectivity index is 2.51. The second-order valence-corrected chi connectivity index (χ2v) is 4.11. The topological polar surface area (TPSA) is 44.5 Å². The minimum absolute atomic E-state index is 0.577. The van der Waals surface area contributed by atoms with Crippen molar-refractivity contribution in [3.05, 3.63) is 18.2 Å². The van der Waals surface area contributed by atoms with Crippen molar-refractivity contribution in [2.75, 3.05) is 19.5 Å². The molecule has 0 heterocycles. The van der Waals surface area contributed by atoms with Gasteiger partial charge in [0.05, 0.1) is 19.4 Å². The standard InChI is InChI=1S/C13H21NO2/c1-4-5-10(2)9-16-11-6-7-13(15-3)12(14)8-11/h6-8,10H,4-5,9,14H2,1-3H3. The third-order valence-electron chi connectivity index (χ3n) is 2.52. The number of hydrogen-bond acceptors (Lipinski definition) is 3. The highest BCUT2D eigenvalue weighted by molar-refractivity contribution is 5.56. The van der Waals surface area contributed by atoms with E-state index < -0.39 is 0 Å². The van der Waals surface area contributed by atoms with Crippen LogP contribution in [0, 0.1) is 5.92 Å². The summed E-state index contributed by atoms with van der Waals surface area (Å²) in [5, 5.41) is 0. The first kappa shape index (κ1) is 12.7. The van der Waals surface area contributed by atoms with Gasteiger partial charge in [-0.15, -0.1) is 0 Å². The van der Waals surface area contributed by atoms with Crippen molar-refractivity contribution in [2.24, 2.45) is 5.92 Å². The third kappa shape index (κ3) is 3.65.